The summed E-state index contributed by atoms with van der Waals surface area (Å²) in [4.78, 5) is 17.1. The molecule has 0 aliphatic carbocycles. The number of anilines is 1. The Hall–Kier alpha value is -4.11. The van der Waals surface area contributed by atoms with Crippen LogP contribution in [0.25, 0.3) is 11.0 Å². The van der Waals surface area contributed by atoms with Gasteiger partial charge in [0.05, 0.1) is 23.1 Å². The molecule has 1 aromatic heterocycles. The first-order chi connectivity index (χ1) is 14.7. The van der Waals surface area contributed by atoms with Crippen molar-refractivity contribution < 1.29 is 9.53 Å². The number of hydrogen-bond donors (Lipinski definition) is 1. The zero-order valence-electron chi connectivity index (χ0n) is 16.0. The number of imidazole rings is 1. The van der Waals surface area contributed by atoms with Gasteiger partial charge >= 0.3 is 0 Å². The van der Waals surface area contributed by atoms with Gasteiger partial charge in [0.2, 0.25) is 11.9 Å². The number of rotatable bonds is 4. The van der Waals surface area contributed by atoms with E-state index >= 15 is 0 Å². The lowest BCUT2D eigenvalue weighted by Crippen LogP contribution is -2.37. The molecule has 6 heteroatoms. The Morgan fingerprint density at radius 2 is 1.73 bits per heavy atom. The van der Waals surface area contributed by atoms with Crippen LogP contribution < -0.4 is 10.1 Å². The van der Waals surface area contributed by atoms with Gasteiger partial charge in [-0.1, -0.05) is 54.6 Å². The van der Waals surface area contributed by atoms with Crippen molar-refractivity contribution in [1.29, 1.82) is 5.26 Å². The van der Waals surface area contributed by atoms with Gasteiger partial charge in [0.15, 0.2) is 5.92 Å². The zero-order chi connectivity index (χ0) is 20.5. The number of carbonyl (C=O) groups excluding carboxylic acids is 1. The van der Waals surface area contributed by atoms with E-state index in [1.165, 1.54) is 0 Å². The number of aromatic nitrogens is 2. The van der Waals surface area contributed by atoms with Crippen molar-refractivity contribution in [3.8, 4) is 11.8 Å². The minimum atomic E-state index is -0.855. The number of hydrogen-bond acceptors (Lipinski definition) is 4. The molecule has 0 radical (unpaired) electrons. The van der Waals surface area contributed by atoms with Gasteiger partial charge in [0.25, 0.3) is 0 Å². The van der Waals surface area contributed by atoms with Crippen molar-refractivity contribution in [3.63, 3.8) is 0 Å². The van der Waals surface area contributed by atoms with Gasteiger partial charge in [-0.25, -0.2) is 4.98 Å². The van der Waals surface area contributed by atoms with Crippen molar-refractivity contribution in [1.82, 2.24) is 9.55 Å². The standard InChI is InChI=1S/C24H18N4O2/c25-14-19-22(28-21-9-5-4-8-20(21)26-24(28)27-23(19)29)17-10-12-18(13-11-17)30-15-16-6-2-1-3-7-16/h1-13,19,22H,15H2,(H,26,27,29)/t19-,22+/m0/s1. The largest absolute Gasteiger partial charge is 0.489 e. The van der Waals surface area contributed by atoms with E-state index in [-0.39, 0.29) is 5.91 Å². The third kappa shape index (κ3) is 3.07. The molecule has 0 spiro atoms. The molecular weight excluding hydrogens is 376 g/mol. The number of nitriles is 1. The van der Waals surface area contributed by atoms with Gasteiger partial charge in [-0.3, -0.25) is 10.1 Å². The van der Waals surface area contributed by atoms with Crippen LogP contribution in [-0.2, 0) is 11.4 Å². The molecule has 6 nitrogen and oxygen atoms in total. The lowest BCUT2D eigenvalue weighted by molar-refractivity contribution is -0.119. The van der Waals surface area contributed by atoms with Crippen molar-refractivity contribution in [3.05, 3.63) is 90.0 Å². The molecular formula is C24H18N4O2. The average molecular weight is 394 g/mol. The number of carbonyl (C=O) groups is 1. The molecule has 0 saturated carbocycles. The first-order valence-corrected chi connectivity index (χ1v) is 9.69. The topological polar surface area (TPSA) is 79.9 Å². The predicted octanol–water partition coefficient (Wildman–Crippen LogP) is 4.30. The number of para-hydroxylation sites is 2. The predicted molar refractivity (Wildman–Crippen MR) is 113 cm³/mol. The summed E-state index contributed by atoms with van der Waals surface area (Å²) < 4.78 is 7.80. The summed E-state index contributed by atoms with van der Waals surface area (Å²) in [5.74, 6) is -0.00454. The number of nitrogens with zero attached hydrogens (tertiary/aromatic N) is 3. The maximum Gasteiger partial charge on any atom is 0.246 e. The Balaban J connectivity index is 1.49. The van der Waals surface area contributed by atoms with Gasteiger partial charge in [-0.2, -0.15) is 5.26 Å². The van der Waals surface area contributed by atoms with Gasteiger partial charge in [-0.05, 0) is 35.4 Å². The third-order valence-corrected chi connectivity index (χ3v) is 5.32. The Morgan fingerprint density at radius 1 is 1.00 bits per heavy atom. The fraction of sp³-hybridized carbons (Fsp3) is 0.125. The van der Waals surface area contributed by atoms with E-state index in [0.717, 1.165) is 27.9 Å². The summed E-state index contributed by atoms with van der Waals surface area (Å²) in [7, 11) is 0. The summed E-state index contributed by atoms with van der Waals surface area (Å²) in [6, 6.07) is 26.9. The smallest absolute Gasteiger partial charge is 0.246 e. The first-order valence-electron chi connectivity index (χ1n) is 9.69. The van der Waals surface area contributed by atoms with Gasteiger partial charge in [0.1, 0.15) is 12.4 Å². The molecule has 146 valence electrons. The molecule has 30 heavy (non-hydrogen) atoms. The summed E-state index contributed by atoms with van der Waals surface area (Å²) in [5.41, 5.74) is 3.60. The van der Waals surface area contributed by atoms with E-state index in [1.54, 1.807) is 0 Å². The second-order valence-electron chi connectivity index (χ2n) is 7.18. The molecule has 1 amide bonds. The Bertz CT molecular complexity index is 1260. The van der Waals surface area contributed by atoms with E-state index in [1.807, 2.05) is 83.4 Å². The van der Waals surface area contributed by atoms with Crippen LogP contribution in [0.2, 0.25) is 0 Å². The molecule has 1 N–H and O–H groups in total. The monoisotopic (exact) mass is 394 g/mol. The van der Waals surface area contributed by atoms with E-state index in [4.69, 9.17) is 4.74 Å². The van der Waals surface area contributed by atoms with Crippen LogP contribution in [0, 0.1) is 17.2 Å². The van der Waals surface area contributed by atoms with Crippen molar-refractivity contribution >= 4 is 22.9 Å². The SMILES string of the molecule is N#C[C@@H]1C(=O)Nc2nc3ccccc3n2[C@@H]1c1ccc(OCc2ccccc2)cc1. The van der Waals surface area contributed by atoms with Crippen LogP contribution in [0.1, 0.15) is 17.2 Å². The molecule has 1 aliphatic heterocycles. The highest BCUT2D eigenvalue weighted by atomic mass is 16.5. The molecule has 2 heterocycles. The van der Waals surface area contributed by atoms with Gasteiger partial charge in [0, 0.05) is 0 Å². The van der Waals surface area contributed by atoms with Crippen LogP contribution in [0.4, 0.5) is 5.95 Å². The van der Waals surface area contributed by atoms with Crippen LogP contribution in [0.3, 0.4) is 0 Å². The first kappa shape index (κ1) is 18.0. The number of fused-ring (bicyclic) bond motifs is 3. The average Bonchev–Trinajstić information content (AvgIpc) is 3.15. The van der Waals surface area contributed by atoms with Crippen LogP contribution in [-0.4, -0.2) is 15.5 Å². The number of ether oxygens (including phenoxy) is 1. The van der Waals surface area contributed by atoms with Crippen LogP contribution in [0.5, 0.6) is 5.75 Å². The minimum Gasteiger partial charge on any atom is -0.489 e. The lowest BCUT2D eigenvalue weighted by Gasteiger charge is -2.30. The number of benzene rings is 3. The van der Waals surface area contributed by atoms with Crippen LogP contribution in [0.15, 0.2) is 78.9 Å². The summed E-state index contributed by atoms with van der Waals surface area (Å²) in [6.07, 6.45) is 0. The Labute approximate surface area is 173 Å². The Kier molecular flexibility index (Phi) is 4.41. The molecule has 4 aromatic rings. The van der Waals surface area contributed by atoms with Gasteiger partial charge in [-0.15, -0.1) is 0 Å². The second kappa shape index (κ2) is 7.37. The third-order valence-electron chi connectivity index (χ3n) is 5.32. The maximum atomic E-state index is 12.6. The fourth-order valence-corrected chi connectivity index (χ4v) is 3.87. The number of nitrogens with one attached hydrogen (secondary N) is 1. The molecule has 5 rings (SSSR count). The van der Waals surface area contributed by atoms with E-state index in [0.29, 0.717) is 12.6 Å². The zero-order valence-corrected chi connectivity index (χ0v) is 16.0. The maximum absolute atomic E-state index is 12.6. The highest BCUT2D eigenvalue weighted by molar-refractivity contribution is 5.97. The quantitative estimate of drug-likeness (QED) is 0.560. The highest BCUT2D eigenvalue weighted by Gasteiger charge is 2.38. The second-order valence-corrected chi connectivity index (χ2v) is 7.18. The van der Waals surface area contributed by atoms with E-state index < -0.39 is 12.0 Å². The lowest BCUT2D eigenvalue weighted by atomic mass is 9.91. The summed E-state index contributed by atoms with van der Waals surface area (Å²) >= 11 is 0. The van der Waals surface area contributed by atoms with Crippen molar-refractivity contribution in [2.45, 2.75) is 12.6 Å². The van der Waals surface area contributed by atoms with Crippen LogP contribution >= 0.6 is 0 Å². The molecule has 0 bridgehead atoms. The van der Waals surface area contributed by atoms with Crippen molar-refractivity contribution in [2.24, 2.45) is 5.92 Å². The molecule has 3 aromatic carbocycles. The minimum absolute atomic E-state index is 0.338. The van der Waals surface area contributed by atoms with Gasteiger partial charge < -0.3 is 9.30 Å². The normalized spacial score (nSPS) is 17.8. The molecule has 0 fully saturated rings. The van der Waals surface area contributed by atoms with E-state index in [9.17, 15) is 10.1 Å². The Morgan fingerprint density at radius 3 is 2.50 bits per heavy atom. The number of amides is 1. The fourth-order valence-electron chi connectivity index (χ4n) is 3.87. The molecule has 0 unspecified atom stereocenters. The molecule has 0 saturated heterocycles. The summed E-state index contributed by atoms with van der Waals surface area (Å²) in [6.45, 7) is 0.475. The molecule has 1 aliphatic rings. The highest BCUT2D eigenvalue weighted by Crippen LogP contribution is 2.38. The van der Waals surface area contributed by atoms with Crippen molar-refractivity contribution in [2.75, 3.05) is 5.32 Å². The molecule has 2 atom stereocenters. The summed E-state index contributed by atoms with van der Waals surface area (Å²) in [5, 5.41) is 12.5. The van der Waals surface area contributed by atoms with E-state index in [2.05, 4.69) is 16.4 Å².